The Kier molecular flexibility index (Phi) is 5.27. The third kappa shape index (κ3) is 4.26. The van der Waals surface area contributed by atoms with Gasteiger partial charge >= 0.3 is 0 Å². The van der Waals surface area contributed by atoms with E-state index in [2.05, 4.69) is 43.2 Å². The minimum Gasteiger partial charge on any atom is -0.473 e. The zero-order valence-corrected chi connectivity index (χ0v) is 17.0. The smallest absolute Gasteiger partial charge is 0.275 e. The van der Waals surface area contributed by atoms with E-state index in [0.717, 1.165) is 34.4 Å². The van der Waals surface area contributed by atoms with Crippen LogP contribution >= 0.6 is 15.9 Å². The Balaban J connectivity index is 1.63. The van der Waals surface area contributed by atoms with Crippen molar-refractivity contribution in [1.29, 1.82) is 0 Å². The normalized spacial score (nSPS) is 17.9. The van der Waals surface area contributed by atoms with E-state index in [0.29, 0.717) is 22.6 Å². The summed E-state index contributed by atoms with van der Waals surface area (Å²) in [7, 11) is 0. The maximum Gasteiger partial charge on any atom is 0.275 e. The summed E-state index contributed by atoms with van der Waals surface area (Å²) in [5.41, 5.74) is -0.419. The molecule has 8 nitrogen and oxygen atoms in total. The molecule has 2 atom stereocenters. The average molecular weight is 462 g/mol. The molecule has 1 unspecified atom stereocenters. The fourth-order valence-electron chi connectivity index (χ4n) is 3.04. The highest BCUT2D eigenvalue weighted by Crippen LogP contribution is 2.38. The molecule has 0 spiro atoms. The highest BCUT2D eigenvalue weighted by Gasteiger charge is 2.38. The second kappa shape index (κ2) is 7.86. The highest BCUT2D eigenvalue weighted by atomic mass is 79.9. The molecule has 1 amide bonds. The van der Waals surface area contributed by atoms with Crippen molar-refractivity contribution in [3.63, 3.8) is 0 Å². The van der Waals surface area contributed by atoms with Crippen molar-refractivity contribution in [2.45, 2.75) is 32.4 Å². The van der Waals surface area contributed by atoms with Crippen molar-refractivity contribution in [2.24, 2.45) is 5.92 Å². The number of hydrogen-bond acceptors (Lipinski definition) is 6. The molecule has 1 aliphatic carbocycles. The van der Waals surface area contributed by atoms with Crippen LogP contribution in [0.25, 0.3) is 10.8 Å². The Bertz CT molecular complexity index is 1140. The van der Waals surface area contributed by atoms with E-state index >= 15 is 0 Å². The molecule has 2 aromatic heterocycles. The van der Waals surface area contributed by atoms with Crippen molar-refractivity contribution in [1.82, 2.24) is 19.7 Å². The van der Waals surface area contributed by atoms with Crippen LogP contribution in [0.15, 0.2) is 39.9 Å². The molecule has 29 heavy (non-hydrogen) atoms. The molecular weight excluding hydrogens is 445 g/mol. The number of anilines is 1. The lowest BCUT2D eigenvalue weighted by atomic mass is 10.2. The predicted molar refractivity (Wildman–Crippen MR) is 107 cm³/mol. The molecule has 1 N–H and O–H groups in total. The Labute approximate surface area is 173 Å². The molecule has 150 valence electrons. The number of carbonyl (C=O) groups excluding carboxylic acids is 1. The first-order chi connectivity index (χ1) is 13.9. The molecule has 1 aromatic carbocycles. The first-order valence-corrected chi connectivity index (χ1v) is 9.88. The topological polar surface area (TPSA) is 99.0 Å². The molecule has 3 aromatic rings. The molecule has 0 saturated heterocycles. The predicted octanol–water partition coefficient (Wildman–Crippen LogP) is 2.90. The number of hydrogen-bond donors (Lipinski definition) is 1. The largest absolute Gasteiger partial charge is 0.473 e. The number of ether oxygens (including phenoxy) is 1. The van der Waals surface area contributed by atoms with E-state index in [-0.39, 0.29) is 18.6 Å². The van der Waals surface area contributed by atoms with E-state index in [1.54, 1.807) is 18.2 Å². The summed E-state index contributed by atoms with van der Waals surface area (Å²) in [5, 5.41) is 7.69. The Morgan fingerprint density at radius 1 is 1.34 bits per heavy atom. The number of nitrogens with one attached hydrogen (secondary N) is 1. The summed E-state index contributed by atoms with van der Waals surface area (Å²) in [5.74, 6) is -0.458. The van der Waals surface area contributed by atoms with Gasteiger partial charge in [-0.2, -0.15) is 0 Å². The van der Waals surface area contributed by atoms with E-state index in [1.165, 1.54) is 0 Å². The van der Waals surface area contributed by atoms with Gasteiger partial charge in [0.25, 0.3) is 5.56 Å². The van der Waals surface area contributed by atoms with Crippen molar-refractivity contribution in [3.05, 3.63) is 51.2 Å². The maximum atomic E-state index is 12.9. The second-order valence-corrected chi connectivity index (χ2v) is 7.71. The summed E-state index contributed by atoms with van der Waals surface area (Å²) >= 11 is 3.40. The second-order valence-electron chi connectivity index (χ2n) is 6.79. The zero-order valence-electron chi connectivity index (χ0n) is 15.4. The van der Waals surface area contributed by atoms with Gasteiger partial charge in [-0.1, -0.05) is 22.9 Å². The van der Waals surface area contributed by atoms with Gasteiger partial charge in [0.15, 0.2) is 5.82 Å². The van der Waals surface area contributed by atoms with Gasteiger partial charge in [-0.15, -0.1) is 5.10 Å². The number of rotatable bonds is 6. The summed E-state index contributed by atoms with van der Waals surface area (Å²) in [6.07, 6.45) is 3.88. The number of benzene rings is 1. The number of amides is 1. The number of nitrogens with zero attached hydrogens (tertiary/aromatic N) is 4. The van der Waals surface area contributed by atoms with E-state index < -0.39 is 17.3 Å². The molecule has 0 radical (unpaired) electrons. The molecule has 1 fully saturated rings. The first kappa shape index (κ1) is 19.4. The van der Waals surface area contributed by atoms with Crippen LogP contribution in [0.2, 0.25) is 0 Å². The minimum absolute atomic E-state index is 0.0575. The van der Waals surface area contributed by atoms with E-state index in [1.807, 2.05) is 0 Å². The highest BCUT2D eigenvalue weighted by molar-refractivity contribution is 9.10. The third-order valence-electron chi connectivity index (χ3n) is 4.70. The van der Waals surface area contributed by atoms with Gasteiger partial charge in [0, 0.05) is 4.47 Å². The van der Waals surface area contributed by atoms with Crippen LogP contribution in [0.3, 0.4) is 0 Å². The number of carbonyl (C=O) groups is 1. The summed E-state index contributed by atoms with van der Waals surface area (Å²) in [4.78, 5) is 32.5. The molecule has 4 rings (SSSR count). The number of halogens is 2. The van der Waals surface area contributed by atoms with Gasteiger partial charge in [0.1, 0.15) is 12.6 Å². The van der Waals surface area contributed by atoms with Crippen molar-refractivity contribution < 1.29 is 13.9 Å². The summed E-state index contributed by atoms with van der Waals surface area (Å²) in [6, 6.07) is 5.19. The van der Waals surface area contributed by atoms with Crippen molar-refractivity contribution in [3.8, 4) is 5.88 Å². The lowest BCUT2D eigenvalue weighted by molar-refractivity contribution is -0.117. The van der Waals surface area contributed by atoms with Gasteiger partial charge in [-0.25, -0.2) is 19.0 Å². The molecule has 0 bridgehead atoms. The van der Waals surface area contributed by atoms with Gasteiger partial charge in [-0.05, 0) is 37.0 Å². The third-order valence-corrected chi connectivity index (χ3v) is 5.19. The van der Waals surface area contributed by atoms with Crippen molar-refractivity contribution in [2.75, 3.05) is 5.32 Å². The maximum absolute atomic E-state index is 12.9. The molecule has 0 aliphatic heterocycles. The van der Waals surface area contributed by atoms with Crippen LogP contribution in [0.5, 0.6) is 5.88 Å². The Morgan fingerprint density at radius 3 is 2.79 bits per heavy atom. The average Bonchev–Trinajstić information content (AvgIpc) is 3.45. The van der Waals surface area contributed by atoms with E-state index in [4.69, 9.17) is 4.74 Å². The summed E-state index contributed by atoms with van der Waals surface area (Å²) in [6.45, 7) is 1.74. The van der Waals surface area contributed by atoms with Crippen LogP contribution in [0, 0.1) is 11.7 Å². The van der Waals surface area contributed by atoms with Crippen LogP contribution in [0.1, 0.15) is 19.8 Å². The zero-order chi connectivity index (χ0) is 20.5. The standard InChI is InChI=1S/C19H17BrFN5O3/c1-2-10-5-15(10)29-17-14-6-11(20)3-4-13(14)18(28)26(25-17)9-16(27)24-19-22-7-12(21)8-23-19/h3-4,6-8,10,15H,2,5,9H2,1H3,(H,22,23,24,27)/t10?,15-/m0/s1. The quantitative estimate of drug-likeness (QED) is 0.605. The molecule has 10 heteroatoms. The minimum atomic E-state index is -0.617. The van der Waals surface area contributed by atoms with Crippen LogP contribution < -0.4 is 15.6 Å². The Morgan fingerprint density at radius 2 is 2.10 bits per heavy atom. The van der Waals surface area contributed by atoms with Gasteiger partial charge in [0.05, 0.1) is 23.2 Å². The van der Waals surface area contributed by atoms with Gasteiger partial charge < -0.3 is 4.74 Å². The monoisotopic (exact) mass is 461 g/mol. The first-order valence-electron chi connectivity index (χ1n) is 9.09. The molecular formula is C19H17BrFN5O3. The Hall–Kier alpha value is -2.88. The number of aromatic nitrogens is 4. The fourth-order valence-corrected chi connectivity index (χ4v) is 3.40. The van der Waals surface area contributed by atoms with Crippen molar-refractivity contribution >= 4 is 38.6 Å². The lowest BCUT2D eigenvalue weighted by Crippen LogP contribution is -2.30. The fraction of sp³-hybridized carbons (Fsp3) is 0.316. The van der Waals surface area contributed by atoms with Crippen LogP contribution in [0.4, 0.5) is 10.3 Å². The van der Waals surface area contributed by atoms with Gasteiger partial charge in [-0.3, -0.25) is 14.9 Å². The van der Waals surface area contributed by atoms with Gasteiger partial charge in [0.2, 0.25) is 17.7 Å². The van der Waals surface area contributed by atoms with Crippen LogP contribution in [-0.4, -0.2) is 31.8 Å². The lowest BCUT2D eigenvalue weighted by Gasteiger charge is -2.12. The molecule has 1 saturated carbocycles. The number of fused-ring (bicyclic) bond motifs is 1. The molecule has 2 heterocycles. The SMILES string of the molecule is CCC1C[C@@H]1Oc1nn(CC(=O)Nc2ncc(F)cn2)c(=O)c2ccc(Br)cc12. The summed E-state index contributed by atoms with van der Waals surface area (Å²) < 4.78 is 20.8. The van der Waals surface area contributed by atoms with Crippen LogP contribution in [-0.2, 0) is 11.3 Å². The molecule has 1 aliphatic rings. The van der Waals surface area contributed by atoms with E-state index in [9.17, 15) is 14.0 Å².